The van der Waals surface area contributed by atoms with Gasteiger partial charge in [0.1, 0.15) is 12.4 Å². The molecule has 3 aromatic carbocycles. The number of nitrogens with one attached hydrogen (secondary N) is 1. The summed E-state index contributed by atoms with van der Waals surface area (Å²) < 4.78 is 11.3. The van der Waals surface area contributed by atoms with E-state index in [-0.39, 0.29) is 0 Å². The summed E-state index contributed by atoms with van der Waals surface area (Å²) in [6.45, 7) is 4.39. The summed E-state index contributed by atoms with van der Waals surface area (Å²) in [5, 5.41) is 4.91. The number of nitrogens with zero attached hydrogens (tertiary/aromatic N) is 1. The Balaban J connectivity index is 1.34. The van der Waals surface area contributed by atoms with E-state index < -0.39 is 0 Å². The maximum absolute atomic E-state index is 6.53. The molecule has 1 fully saturated rings. The van der Waals surface area contributed by atoms with Crippen LogP contribution in [-0.2, 0) is 17.9 Å². The average molecular weight is 443 g/mol. The fourth-order valence-electron chi connectivity index (χ4n) is 3.42. The van der Waals surface area contributed by atoms with Gasteiger partial charge in [-0.15, -0.1) is 0 Å². The SMILES string of the molecule is Clc1cccc(COc2cccc(CNc3ccc(N4CCOCC4)c(Cl)c3)c2)c1. The molecule has 0 spiro atoms. The molecule has 1 aliphatic rings. The number of benzene rings is 3. The van der Waals surface area contributed by atoms with Crippen LogP contribution in [0.25, 0.3) is 0 Å². The summed E-state index contributed by atoms with van der Waals surface area (Å²) in [5.74, 6) is 0.829. The van der Waals surface area contributed by atoms with Crippen molar-refractivity contribution in [3.8, 4) is 5.75 Å². The largest absolute Gasteiger partial charge is 0.489 e. The molecule has 1 aliphatic heterocycles. The molecule has 1 saturated heterocycles. The van der Waals surface area contributed by atoms with Crippen LogP contribution in [0.1, 0.15) is 11.1 Å². The minimum atomic E-state index is 0.482. The first-order chi connectivity index (χ1) is 14.7. The molecule has 0 aromatic heterocycles. The Bertz CT molecular complexity index is 990. The van der Waals surface area contributed by atoms with Crippen molar-refractivity contribution in [2.75, 3.05) is 36.5 Å². The lowest BCUT2D eigenvalue weighted by Gasteiger charge is -2.29. The van der Waals surface area contributed by atoms with Crippen LogP contribution < -0.4 is 15.0 Å². The quantitative estimate of drug-likeness (QED) is 0.484. The molecule has 1 heterocycles. The number of ether oxygens (including phenoxy) is 2. The topological polar surface area (TPSA) is 33.7 Å². The van der Waals surface area contributed by atoms with Gasteiger partial charge in [-0.05, 0) is 53.6 Å². The van der Waals surface area contributed by atoms with Crippen LogP contribution in [0.15, 0.2) is 66.7 Å². The highest BCUT2D eigenvalue weighted by Crippen LogP contribution is 2.29. The van der Waals surface area contributed by atoms with Crippen molar-refractivity contribution in [2.45, 2.75) is 13.2 Å². The van der Waals surface area contributed by atoms with Gasteiger partial charge in [0.2, 0.25) is 0 Å². The first-order valence-corrected chi connectivity index (χ1v) is 10.8. The van der Waals surface area contributed by atoms with Crippen LogP contribution >= 0.6 is 23.2 Å². The van der Waals surface area contributed by atoms with Crippen molar-refractivity contribution < 1.29 is 9.47 Å². The molecule has 0 amide bonds. The van der Waals surface area contributed by atoms with Crippen LogP contribution in [0.5, 0.6) is 5.75 Å². The Labute approximate surface area is 187 Å². The van der Waals surface area contributed by atoms with Gasteiger partial charge in [0, 0.05) is 30.3 Å². The van der Waals surface area contributed by atoms with Crippen LogP contribution in [0.3, 0.4) is 0 Å². The first-order valence-electron chi connectivity index (χ1n) is 10.00. The monoisotopic (exact) mass is 442 g/mol. The van der Waals surface area contributed by atoms with Crippen molar-refractivity contribution in [1.29, 1.82) is 0 Å². The van der Waals surface area contributed by atoms with Crippen LogP contribution in [0.2, 0.25) is 10.0 Å². The molecule has 0 radical (unpaired) electrons. The Hall–Kier alpha value is -2.40. The summed E-state index contributed by atoms with van der Waals surface area (Å²) in [4.78, 5) is 2.26. The lowest BCUT2D eigenvalue weighted by atomic mass is 10.2. The number of hydrogen-bond acceptors (Lipinski definition) is 4. The predicted molar refractivity (Wildman–Crippen MR) is 124 cm³/mol. The van der Waals surface area contributed by atoms with Gasteiger partial charge in [-0.1, -0.05) is 47.5 Å². The molecule has 0 atom stereocenters. The summed E-state index contributed by atoms with van der Waals surface area (Å²) in [6.07, 6.45) is 0. The molecule has 4 rings (SSSR count). The zero-order valence-corrected chi connectivity index (χ0v) is 18.1. The molecule has 156 valence electrons. The average Bonchev–Trinajstić information content (AvgIpc) is 2.77. The van der Waals surface area contributed by atoms with E-state index in [4.69, 9.17) is 32.7 Å². The minimum Gasteiger partial charge on any atom is -0.489 e. The molecule has 3 aromatic rings. The van der Waals surface area contributed by atoms with E-state index in [2.05, 4.69) is 28.4 Å². The number of hydrogen-bond donors (Lipinski definition) is 1. The Morgan fingerprint density at radius 3 is 2.50 bits per heavy atom. The van der Waals surface area contributed by atoms with Crippen molar-refractivity contribution in [1.82, 2.24) is 0 Å². The molecule has 0 unspecified atom stereocenters. The molecule has 6 heteroatoms. The number of halogens is 2. The Morgan fingerprint density at radius 1 is 0.900 bits per heavy atom. The van der Waals surface area contributed by atoms with Gasteiger partial charge in [-0.25, -0.2) is 0 Å². The number of morpholine rings is 1. The van der Waals surface area contributed by atoms with Gasteiger partial charge < -0.3 is 19.7 Å². The zero-order valence-electron chi connectivity index (χ0n) is 16.6. The molecule has 4 nitrogen and oxygen atoms in total. The van der Waals surface area contributed by atoms with Gasteiger partial charge in [-0.2, -0.15) is 0 Å². The summed E-state index contributed by atoms with van der Waals surface area (Å²) in [5.41, 5.74) is 4.22. The highest BCUT2D eigenvalue weighted by atomic mass is 35.5. The molecular formula is C24H24Cl2N2O2. The Morgan fingerprint density at radius 2 is 1.70 bits per heavy atom. The summed E-state index contributed by atoms with van der Waals surface area (Å²) in [7, 11) is 0. The van der Waals surface area contributed by atoms with E-state index in [0.29, 0.717) is 18.2 Å². The molecule has 30 heavy (non-hydrogen) atoms. The lowest BCUT2D eigenvalue weighted by molar-refractivity contribution is 0.122. The van der Waals surface area contributed by atoms with E-state index >= 15 is 0 Å². The van der Waals surface area contributed by atoms with Gasteiger partial charge >= 0.3 is 0 Å². The molecule has 0 bridgehead atoms. The first kappa shape index (κ1) is 20.9. The van der Waals surface area contributed by atoms with Crippen molar-refractivity contribution in [2.24, 2.45) is 0 Å². The van der Waals surface area contributed by atoms with Crippen LogP contribution in [-0.4, -0.2) is 26.3 Å². The van der Waals surface area contributed by atoms with E-state index in [0.717, 1.165) is 59.6 Å². The highest BCUT2D eigenvalue weighted by molar-refractivity contribution is 6.33. The summed E-state index contributed by atoms with van der Waals surface area (Å²) >= 11 is 12.6. The third-order valence-corrected chi connectivity index (χ3v) is 5.53. The fraction of sp³-hybridized carbons (Fsp3) is 0.250. The minimum absolute atomic E-state index is 0.482. The maximum Gasteiger partial charge on any atom is 0.120 e. The van der Waals surface area contributed by atoms with Crippen molar-refractivity contribution in [3.63, 3.8) is 0 Å². The van der Waals surface area contributed by atoms with Crippen LogP contribution in [0, 0.1) is 0 Å². The number of anilines is 2. The lowest BCUT2D eigenvalue weighted by Crippen LogP contribution is -2.36. The van der Waals surface area contributed by atoms with Gasteiger partial charge in [0.05, 0.1) is 23.9 Å². The standard InChI is InChI=1S/C24H24Cl2N2O2/c25-20-5-1-4-19(13-20)17-30-22-6-2-3-18(14-22)16-27-21-7-8-24(23(26)15-21)28-9-11-29-12-10-28/h1-8,13-15,27H,9-12,16-17H2. The van der Waals surface area contributed by atoms with Crippen molar-refractivity contribution >= 4 is 34.6 Å². The summed E-state index contributed by atoms with van der Waals surface area (Å²) in [6, 6.07) is 21.9. The van der Waals surface area contributed by atoms with E-state index in [1.807, 2.05) is 48.5 Å². The zero-order chi connectivity index (χ0) is 20.8. The van der Waals surface area contributed by atoms with Gasteiger partial charge in [0.15, 0.2) is 0 Å². The maximum atomic E-state index is 6.53. The second kappa shape index (κ2) is 10.1. The highest BCUT2D eigenvalue weighted by Gasteiger charge is 2.14. The number of rotatable bonds is 7. The molecular weight excluding hydrogens is 419 g/mol. The molecule has 0 aliphatic carbocycles. The third-order valence-electron chi connectivity index (χ3n) is 4.99. The normalized spacial score (nSPS) is 13.9. The van der Waals surface area contributed by atoms with Gasteiger partial charge in [-0.3, -0.25) is 0 Å². The second-order valence-corrected chi connectivity index (χ2v) is 8.03. The molecule has 1 N–H and O–H groups in total. The fourth-order valence-corrected chi connectivity index (χ4v) is 3.93. The second-order valence-electron chi connectivity index (χ2n) is 7.19. The van der Waals surface area contributed by atoms with E-state index in [1.165, 1.54) is 0 Å². The van der Waals surface area contributed by atoms with Gasteiger partial charge in [0.25, 0.3) is 0 Å². The smallest absolute Gasteiger partial charge is 0.120 e. The van der Waals surface area contributed by atoms with Crippen molar-refractivity contribution in [3.05, 3.63) is 87.9 Å². The predicted octanol–water partition coefficient (Wildman–Crippen LogP) is 6.02. The molecule has 0 saturated carbocycles. The van der Waals surface area contributed by atoms with E-state index in [9.17, 15) is 0 Å². The third kappa shape index (κ3) is 5.60. The van der Waals surface area contributed by atoms with Crippen LogP contribution in [0.4, 0.5) is 11.4 Å². The Kier molecular flexibility index (Phi) is 7.00. The van der Waals surface area contributed by atoms with E-state index in [1.54, 1.807) is 0 Å².